The van der Waals surface area contributed by atoms with E-state index in [0.29, 0.717) is 17.0 Å². The molecule has 19 heavy (non-hydrogen) atoms. The molecule has 1 unspecified atom stereocenters. The zero-order valence-electron chi connectivity index (χ0n) is 10.3. The summed E-state index contributed by atoms with van der Waals surface area (Å²) < 4.78 is 5.05. The molecule has 1 atom stereocenters. The smallest absolute Gasteiger partial charge is 0.231 e. The van der Waals surface area contributed by atoms with Crippen LogP contribution in [-0.2, 0) is 4.79 Å². The molecule has 0 spiro atoms. The van der Waals surface area contributed by atoms with Crippen molar-refractivity contribution in [2.24, 2.45) is 5.73 Å². The van der Waals surface area contributed by atoms with E-state index in [-0.39, 0.29) is 5.88 Å². The Bertz CT molecular complexity index is 567. The standard InChI is InChI=1S/C13H13N3O3/c1-19-9-4-2-8(3-5-9)12(13(14)18)10-6-7-11(17)16-15-10/h2-7,12H,1H3,(H2,14,18)(H,16,17). The zero-order chi connectivity index (χ0) is 13.8. The molecule has 1 heterocycles. The van der Waals surface area contributed by atoms with Crippen molar-refractivity contribution in [1.29, 1.82) is 0 Å². The number of hydrogen-bond acceptors (Lipinski definition) is 5. The SMILES string of the molecule is COc1ccc(C(C(N)=O)c2ccc(O)nn2)cc1. The number of aromatic hydroxyl groups is 1. The second-order valence-corrected chi connectivity index (χ2v) is 3.92. The number of hydrogen-bond donors (Lipinski definition) is 2. The van der Waals surface area contributed by atoms with E-state index in [1.807, 2.05) is 0 Å². The molecule has 0 aliphatic heterocycles. The number of methoxy groups -OCH3 is 1. The van der Waals surface area contributed by atoms with Gasteiger partial charge < -0.3 is 15.6 Å². The molecule has 0 saturated carbocycles. The molecule has 98 valence electrons. The highest BCUT2D eigenvalue weighted by atomic mass is 16.5. The molecule has 0 bridgehead atoms. The van der Waals surface area contributed by atoms with Gasteiger partial charge in [-0.2, -0.15) is 5.10 Å². The Morgan fingerprint density at radius 1 is 1.21 bits per heavy atom. The Morgan fingerprint density at radius 3 is 2.37 bits per heavy atom. The van der Waals surface area contributed by atoms with E-state index in [1.54, 1.807) is 31.4 Å². The Morgan fingerprint density at radius 2 is 1.89 bits per heavy atom. The minimum atomic E-state index is -0.709. The first-order chi connectivity index (χ1) is 9.11. The Balaban J connectivity index is 2.39. The van der Waals surface area contributed by atoms with Gasteiger partial charge in [0.25, 0.3) is 0 Å². The van der Waals surface area contributed by atoms with Crippen LogP contribution in [0, 0.1) is 0 Å². The molecule has 6 heteroatoms. The fourth-order valence-electron chi connectivity index (χ4n) is 1.77. The van der Waals surface area contributed by atoms with Crippen molar-refractivity contribution in [2.75, 3.05) is 7.11 Å². The van der Waals surface area contributed by atoms with E-state index in [2.05, 4.69) is 10.2 Å². The lowest BCUT2D eigenvalue weighted by Crippen LogP contribution is -2.23. The number of primary amides is 1. The molecule has 1 aromatic heterocycles. The van der Waals surface area contributed by atoms with Crippen molar-refractivity contribution < 1.29 is 14.6 Å². The van der Waals surface area contributed by atoms with Crippen LogP contribution in [0.1, 0.15) is 17.2 Å². The van der Waals surface area contributed by atoms with Crippen molar-refractivity contribution in [2.45, 2.75) is 5.92 Å². The van der Waals surface area contributed by atoms with Gasteiger partial charge in [0, 0.05) is 6.07 Å². The van der Waals surface area contributed by atoms with Gasteiger partial charge in [-0.3, -0.25) is 4.79 Å². The van der Waals surface area contributed by atoms with E-state index in [4.69, 9.17) is 15.6 Å². The Hall–Kier alpha value is -2.63. The first kappa shape index (κ1) is 12.8. The molecular formula is C13H13N3O3. The van der Waals surface area contributed by atoms with Crippen LogP contribution in [0.2, 0.25) is 0 Å². The molecule has 0 fully saturated rings. The first-order valence-corrected chi connectivity index (χ1v) is 5.57. The second-order valence-electron chi connectivity index (χ2n) is 3.92. The van der Waals surface area contributed by atoms with Crippen molar-refractivity contribution in [1.82, 2.24) is 10.2 Å². The summed E-state index contributed by atoms with van der Waals surface area (Å²) in [5.41, 5.74) is 6.48. The Kier molecular flexibility index (Phi) is 3.61. The largest absolute Gasteiger partial charge is 0.497 e. The van der Waals surface area contributed by atoms with E-state index < -0.39 is 11.8 Å². The normalized spacial score (nSPS) is 11.8. The monoisotopic (exact) mass is 259 g/mol. The predicted octanol–water partition coefficient (Wildman–Crippen LogP) is 0.808. The van der Waals surface area contributed by atoms with E-state index in [0.717, 1.165) is 0 Å². The highest BCUT2D eigenvalue weighted by molar-refractivity contribution is 5.85. The maximum Gasteiger partial charge on any atom is 0.231 e. The van der Waals surface area contributed by atoms with E-state index in [1.165, 1.54) is 12.1 Å². The number of nitrogens with zero attached hydrogens (tertiary/aromatic N) is 2. The molecule has 2 aromatic rings. The summed E-state index contributed by atoms with van der Waals surface area (Å²) in [5, 5.41) is 16.4. The molecule has 0 saturated heterocycles. The summed E-state index contributed by atoms with van der Waals surface area (Å²) in [6.07, 6.45) is 0. The number of nitrogens with two attached hydrogens (primary N) is 1. The van der Waals surface area contributed by atoms with Gasteiger partial charge >= 0.3 is 0 Å². The van der Waals surface area contributed by atoms with Gasteiger partial charge in [-0.15, -0.1) is 5.10 Å². The van der Waals surface area contributed by atoms with E-state index >= 15 is 0 Å². The maximum absolute atomic E-state index is 11.6. The molecule has 0 aliphatic carbocycles. The molecule has 6 nitrogen and oxygen atoms in total. The van der Waals surface area contributed by atoms with Crippen LogP contribution in [0.25, 0.3) is 0 Å². The second kappa shape index (κ2) is 5.34. The van der Waals surface area contributed by atoms with Crippen LogP contribution in [0.15, 0.2) is 36.4 Å². The Labute approximate surface area is 109 Å². The number of ether oxygens (including phenoxy) is 1. The van der Waals surface area contributed by atoms with Gasteiger partial charge in [0.2, 0.25) is 11.8 Å². The summed E-state index contributed by atoms with van der Waals surface area (Å²) >= 11 is 0. The van der Waals surface area contributed by atoms with Gasteiger partial charge in [-0.1, -0.05) is 12.1 Å². The average Bonchev–Trinajstić information content (AvgIpc) is 2.42. The number of carbonyl (C=O) groups excluding carboxylic acids is 1. The average molecular weight is 259 g/mol. The quantitative estimate of drug-likeness (QED) is 0.846. The lowest BCUT2D eigenvalue weighted by Gasteiger charge is -2.13. The summed E-state index contributed by atoms with van der Waals surface area (Å²) in [4.78, 5) is 11.6. The minimum absolute atomic E-state index is 0.207. The van der Waals surface area contributed by atoms with Crippen molar-refractivity contribution in [3.8, 4) is 11.6 Å². The third-order valence-corrected chi connectivity index (χ3v) is 2.70. The van der Waals surface area contributed by atoms with Crippen LogP contribution in [0.3, 0.4) is 0 Å². The molecule has 1 amide bonds. The molecular weight excluding hydrogens is 246 g/mol. The minimum Gasteiger partial charge on any atom is -0.497 e. The molecule has 1 aromatic carbocycles. The maximum atomic E-state index is 11.6. The molecule has 2 rings (SSSR count). The highest BCUT2D eigenvalue weighted by Gasteiger charge is 2.22. The number of rotatable bonds is 4. The first-order valence-electron chi connectivity index (χ1n) is 5.57. The molecule has 0 radical (unpaired) electrons. The molecule has 0 aliphatic rings. The van der Waals surface area contributed by atoms with E-state index in [9.17, 15) is 4.79 Å². The van der Waals surface area contributed by atoms with Crippen molar-refractivity contribution in [3.63, 3.8) is 0 Å². The summed E-state index contributed by atoms with van der Waals surface area (Å²) in [7, 11) is 1.56. The van der Waals surface area contributed by atoms with Gasteiger partial charge in [0.05, 0.1) is 12.8 Å². The van der Waals surface area contributed by atoms with Crippen LogP contribution >= 0.6 is 0 Å². The fraction of sp³-hybridized carbons (Fsp3) is 0.154. The summed E-state index contributed by atoms with van der Waals surface area (Å²) in [6, 6.07) is 9.83. The topological polar surface area (TPSA) is 98.3 Å². The summed E-state index contributed by atoms with van der Waals surface area (Å²) in [5.74, 6) is -0.769. The van der Waals surface area contributed by atoms with Crippen molar-refractivity contribution in [3.05, 3.63) is 47.7 Å². The number of carbonyl (C=O) groups is 1. The lowest BCUT2D eigenvalue weighted by atomic mass is 9.95. The number of amides is 1. The van der Waals surface area contributed by atoms with Crippen LogP contribution in [0.5, 0.6) is 11.6 Å². The van der Waals surface area contributed by atoms with Gasteiger partial charge in [0.1, 0.15) is 11.7 Å². The zero-order valence-corrected chi connectivity index (χ0v) is 10.3. The van der Waals surface area contributed by atoms with Crippen LogP contribution in [0.4, 0.5) is 0 Å². The van der Waals surface area contributed by atoms with Crippen molar-refractivity contribution >= 4 is 5.91 Å². The third kappa shape index (κ3) is 2.79. The van der Waals surface area contributed by atoms with Crippen LogP contribution < -0.4 is 10.5 Å². The van der Waals surface area contributed by atoms with Gasteiger partial charge in [0.15, 0.2) is 0 Å². The van der Waals surface area contributed by atoms with Gasteiger partial charge in [-0.05, 0) is 23.8 Å². The molecule has 3 N–H and O–H groups in total. The fourth-order valence-corrected chi connectivity index (χ4v) is 1.77. The third-order valence-electron chi connectivity index (χ3n) is 2.70. The summed E-state index contributed by atoms with van der Waals surface area (Å²) in [6.45, 7) is 0. The van der Waals surface area contributed by atoms with Crippen LogP contribution in [-0.4, -0.2) is 28.3 Å². The highest BCUT2D eigenvalue weighted by Crippen LogP contribution is 2.25. The number of aromatic nitrogens is 2. The predicted molar refractivity (Wildman–Crippen MR) is 67.7 cm³/mol. The number of benzene rings is 1. The van der Waals surface area contributed by atoms with Gasteiger partial charge in [-0.25, -0.2) is 0 Å². The lowest BCUT2D eigenvalue weighted by molar-refractivity contribution is -0.118.